The van der Waals surface area contributed by atoms with Crippen LogP contribution in [0.25, 0.3) is 10.9 Å². The molecule has 44 heavy (non-hydrogen) atoms. The molecule has 3 aromatic rings. The Morgan fingerprint density at radius 3 is 2.45 bits per heavy atom. The topological polar surface area (TPSA) is 95.4 Å². The number of methoxy groups -OCH3 is 1. The summed E-state index contributed by atoms with van der Waals surface area (Å²) in [5.41, 5.74) is 1.41. The fourth-order valence-corrected chi connectivity index (χ4v) is 7.08. The summed E-state index contributed by atoms with van der Waals surface area (Å²) in [5, 5.41) is 22.8. The predicted molar refractivity (Wildman–Crippen MR) is 161 cm³/mol. The zero-order chi connectivity index (χ0) is 31.3. The summed E-state index contributed by atoms with van der Waals surface area (Å²) in [4.78, 5) is 21.9. The number of aliphatic hydroxyl groups excluding tert-OH is 1. The van der Waals surface area contributed by atoms with E-state index in [4.69, 9.17) is 9.47 Å². The van der Waals surface area contributed by atoms with E-state index in [9.17, 15) is 28.2 Å². The number of aliphatic carboxylic acids is 1. The Hall–Kier alpha value is -2.90. The third-order valence-corrected chi connectivity index (χ3v) is 9.78. The van der Waals surface area contributed by atoms with Gasteiger partial charge in [-0.05, 0) is 80.2 Å². The van der Waals surface area contributed by atoms with Gasteiger partial charge in [0.2, 0.25) is 0 Å². The molecule has 5 rings (SSSR count). The summed E-state index contributed by atoms with van der Waals surface area (Å²) >= 11 is 1.22. The van der Waals surface area contributed by atoms with Crippen LogP contribution in [0.3, 0.4) is 0 Å². The number of thioether (sulfide) groups is 1. The van der Waals surface area contributed by atoms with Gasteiger partial charge < -0.3 is 24.6 Å². The molecule has 8 nitrogen and oxygen atoms in total. The van der Waals surface area contributed by atoms with Crippen LogP contribution in [0.2, 0.25) is 0 Å². The number of morpholine rings is 1. The van der Waals surface area contributed by atoms with E-state index in [1.807, 2.05) is 18.2 Å². The maximum absolute atomic E-state index is 13.5. The highest BCUT2D eigenvalue weighted by atomic mass is 32.2. The second-order valence-corrected chi connectivity index (χ2v) is 12.7. The first kappa shape index (κ1) is 32.5. The number of nitrogens with zero attached hydrogens (tertiary/aromatic N) is 3. The molecule has 0 bridgehead atoms. The van der Waals surface area contributed by atoms with E-state index in [2.05, 4.69) is 14.8 Å². The lowest BCUT2D eigenvalue weighted by atomic mass is 9.74. The van der Waals surface area contributed by atoms with Gasteiger partial charge in [0, 0.05) is 48.4 Å². The van der Waals surface area contributed by atoms with Crippen LogP contribution in [-0.2, 0) is 16.1 Å². The zero-order valence-corrected chi connectivity index (χ0v) is 25.6. The zero-order valence-electron chi connectivity index (χ0n) is 24.7. The lowest BCUT2D eigenvalue weighted by Crippen LogP contribution is -2.45. The molecule has 238 valence electrons. The molecule has 0 radical (unpaired) electrons. The minimum absolute atomic E-state index is 0.274. The number of hydrogen-bond donors (Lipinski definition) is 2. The summed E-state index contributed by atoms with van der Waals surface area (Å²) in [5.74, 6) is -3.61. The van der Waals surface area contributed by atoms with E-state index in [0.29, 0.717) is 75.1 Å². The molecule has 0 aliphatic carbocycles. The van der Waals surface area contributed by atoms with E-state index < -0.39 is 34.9 Å². The first-order valence-corrected chi connectivity index (χ1v) is 15.8. The number of halogens is 3. The Labute approximate surface area is 259 Å². The third kappa shape index (κ3) is 7.48. The quantitative estimate of drug-likeness (QED) is 0.205. The van der Waals surface area contributed by atoms with E-state index in [-0.39, 0.29) is 6.42 Å². The summed E-state index contributed by atoms with van der Waals surface area (Å²) in [7, 11) is 1.59. The molecule has 2 fully saturated rings. The highest BCUT2D eigenvalue weighted by Crippen LogP contribution is 2.41. The van der Waals surface area contributed by atoms with Gasteiger partial charge in [0.05, 0.1) is 37.4 Å². The monoisotopic (exact) mass is 633 g/mol. The van der Waals surface area contributed by atoms with Crippen LogP contribution in [-0.4, -0.2) is 89.8 Å². The van der Waals surface area contributed by atoms with E-state index in [1.165, 1.54) is 11.8 Å². The number of ether oxygens (including phenoxy) is 2. The van der Waals surface area contributed by atoms with Gasteiger partial charge in [-0.2, -0.15) is 0 Å². The minimum Gasteiger partial charge on any atom is -0.497 e. The maximum atomic E-state index is 13.5. The van der Waals surface area contributed by atoms with Gasteiger partial charge in [-0.1, -0.05) is 0 Å². The molecule has 2 aromatic carbocycles. The van der Waals surface area contributed by atoms with E-state index >= 15 is 0 Å². The lowest BCUT2D eigenvalue weighted by molar-refractivity contribution is -0.153. The van der Waals surface area contributed by atoms with Crippen LogP contribution >= 0.6 is 11.8 Å². The van der Waals surface area contributed by atoms with Crippen molar-refractivity contribution < 1.29 is 37.7 Å². The Morgan fingerprint density at radius 1 is 1.09 bits per heavy atom. The number of piperidine rings is 1. The predicted octanol–water partition coefficient (Wildman–Crippen LogP) is 5.27. The smallest absolute Gasteiger partial charge is 0.309 e. The van der Waals surface area contributed by atoms with Gasteiger partial charge in [-0.15, -0.1) is 11.8 Å². The van der Waals surface area contributed by atoms with Crippen molar-refractivity contribution in [1.82, 2.24) is 14.8 Å². The molecule has 3 heterocycles. The van der Waals surface area contributed by atoms with Crippen molar-refractivity contribution in [2.24, 2.45) is 5.41 Å². The molecule has 0 saturated carbocycles. The number of rotatable bonds is 12. The van der Waals surface area contributed by atoms with Crippen molar-refractivity contribution >= 4 is 28.6 Å². The number of pyridine rings is 1. The van der Waals surface area contributed by atoms with Gasteiger partial charge in [-0.3, -0.25) is 14.7 Å². The largest absolute Gasteiger partial charge is 0.497 e. The molecule has 2 aliphatic rings. The molecule has 2 N–H and O–H groups in total. The number of aliphatic hydroxyl groups is 1. The fourth-order valence-electron chi connectivity index (χ4n) is 6.12. The number of carboxylic acids is 1. The maximum Gasteiger partial charge on any atom is 0.309 e. The number of hydrogen-bond acceptors (Lipinski definition) is 8. The van der Waals surface area contributed by atoms with E-state index in [0.717, 1.165) is 47.3 Å². The lowest BCUT2D eigenvalue weighted by Gasteiger charge is -2.39. The Kier molecular flexibility index (Phi) is 10.7. The second kappa shape index (κ2) is 14.5. The van der Waals surface area contributed by atoms with Crippen LogP contribution in [0.15, 0.2) is 41.4 Å². The summed E-state index contributed by atoms with van der Waals surface area (Å²) in [6.07, 6.45) is 2.34. The van der Waals surface area contributed by atoms with Gasteiger partial charge in [-0.25, -0.2) is 13.2 Å². The number of likely N-dealkylation sites (tertiary alicyclic amines) is 1. The number of carbonyl (C=O) groups is 1. The molecule has 2 aliphatic heterocycles. The summed E-state index contributed by atoms with van der Waals surface area (Å²) in [6, 6.07) is 7.53. The van der Waals surface area contributed by atoms with Gasteiger partial charge in [0.25, 0.3) is 0 Å². The second-order valence-electron chi connectivity index (χ2n) is 11.5. The number of carboxylic acid groups (broad SMARTS) is 1. The van der Waals surface area contributed by atoms with Gasteiger partial charge in [0.15, 0.2) is 17.5 Å². The summed E-state index contributed by atoms with van der Waals surface area (Å²) in [6.45, 7) is 5.14. The van der Waals surface area contributed by atoms with Crippen molar-refractivity contribution in [1.29, 1.82) is 0 Å². The average Bonchev–Trinajstić information content (AvgIpc) is 3.03. The van der Waals surface area contributed by atoms with Crippen molar-refractivity contribution in [3.8, 4) is 5.75 Å². The van der Waals surface area contributed by atoms with Crippen molar-refractivity contribution in [2.75, 3.05) is 58.8 Å². The first-order chi connectivity index (χ1) is 21.2. The molecule has 1 atom stereocenters. The Bertz CT molecular complexity index is 1440. The number of fused-ring (bicyclic) bond motifs is 1. The highest BCUT2D eigenvalue weighted by molar-refractivity contribution is 7.99. The Morgan fingerprint density at radius 2 is 1.80 bits per heavy atom. The van der Waals surface area contributed by atoms with Gasteiger partial charge >= 0.3 is 5.97 Å². The molecule has 2 saturated heterocycles. The van der Waals surface area contributed by atoms with Crippen molar-refractivity contribution in [3.63, 3.8) is 0 Å². The Balaban J connectivity index is 1.25. The molecular weight excluding hydrogens is 595 g/mol. The normalized spacial score (nSPS) is 18.4. The standard InChI is InChI=1S/C32H38F3N3O5S/c1-42-22-2-3-27-24(16-22)29(21(19-36-27)20-38-10-13-43-14-11-38)28(39)4-5-32(31(40)41)6-8-37(9-7-32)12-15-44-23-17-25(33)30(35)26(34)18-23/h2-3,16-19,28,39H,4-15,20H2,1H3,(H,40,41). The first-order valence-electron chi connectivity index (χ1n) is 14.9. The molecule has 0 spiro atoms. The summed E-state index contributed by atoms with van der Waals surface area (Å²) < 4.78 is 51.3. The molecule has 0 amide bonds. The number of aromatic nitrogens is 1. The van der Waals surface area contributed by atoms with Crippen LogP contribution in [0.5, 0.6) is 5.75 Å². The van der Waals surface area contributed by atoms with Crippen LogP contribution in [0.4, 0.5) is 13.2 Å². The number of benzene rings is 2. The third-order valence-electron chi connectivity index (χ3n) is 8.83. The van der Waals surface area contributed by atoms with E-state index in [1.54, 1.807) is 13.3 Å². The van der Waals surface area contributed by atoms with Crippen LogP contribution in [0.1, 0.15) is 42.9 Å². The van der Waals surface area contributed by atoms with Crippen LogP contribution in [0, 0.1) is 22.9 Å². The molecule has 1 unspecified atom stereocenters. The fraction of sp³-hybridized carbons (Fsp3) is 0.500. The SMILES string of the molecule is COc1ccc2ncc(CN3CCOCC3)c(C(O)CCC3(C(=O)O)CCN(CCSc4cc(F)c(F)c(F)c4)CC3)c2c1. The molecule has 12 heteroatoms. The van der Waals surface area contributed by atoms with Crippen molar-refractivity contribution in [3.05, 3.63) is 65.1 Å². The van der Waals surface area contributed by atoms with Crippen molar-refractivity contribution in [2.45, 2.75) is 43.2 Å². The molecule has 1 aromatic heterocycles. The van der Waals surface area contributed by atoms with Crippen LogP contribution < -0.4 is 4.74 Å². The van der Waals surface area contributed by atoms with Gasteiger partial charge in [0.1, 0.15) is 5.75 Å². The molecular formula is C32H38F3N3O5S. The highest BCUT2D eigenvalue weighted by Gasteiger charge is 2.41. The minimum atomic E-state index is -1.48. The average molecular weight is 634 g/mol.